The molecule has 9 heteroatoms. The quantitative estimate of drug-likeness (QED) is 0.140. The molecule has 0 N–H and O–H groups in total. The van der Waals surface area contributed by atoms with Gasteiger partial charge in [0.2, 0.25) is 5.91 Å². The van der Waals surface area contributed by atoms with E-state index in [-0.39, 0.29) is 24.7 Å². The summed E-state index contributed by atoms with van der Waals surface area (Å²) < 4.78 is 41.3. The summed E-state index contributed by atoms with van der Waals surface area (Å²) in [7, 11) is 0. The molecule has 1 aromatic heterocycles. The summed E-state index contributed by atoms with van der Waals surface area (Å²) in [6, 6.07) is 24.1. The summed E-state index contributed by atoms with van der Waals surface area (Å²) >= 11 is 0. The van der Waals surface area contributed by atoms with E-state index in [0.717, 1.165) is 23.4 Å². The minimum atomic E-state index is -4.43. The van der Waals surface area contributed by atoms with E-state index in [4.69, 9.17) is 0 Å². The predicted molar refractivity (Wildman–Crippen MR) is 138 cm³/mol. The zero-order valence-corrected chi connectivity index (χ0v) is 20.2. The molecule has 0 aliphatic rings. The van der Waals surface area contributed by atoms with E-state index in [0.29, 0.717) is 17.7 Å². The Labute approximate surface area is 217 Å². The van der Waals surface area contributed by atoms with Crippen molar-refractivity contribution in [1.82, 2.24) is 9.47 Å². The fraction of sp³-hybridized carbons (Fsp3) is 0.138. The van der Waals surface area contributed by atoms with Crippen molar-refractivity contribution in [1.29, 1.82) is 0 Å². The molecule has 1 heterocycles. The topological polar surface area (TPSA) is 68.4 Å². The molecule has 6 nitrogen and oxygen atoms in total. The highest BCUT2D eigenvalue weighted by atomic mass is 19.4. The van der Waals surface area contributed by atoms with Crippen LogP contribution < -0.4 is 0 Å². The Kier molecular flexibility index (Phi) is 8.06. The van der Waals surface area contributed by atoms with E-state index in [1.165, 1.54) is 24.3 Å². The average molecular weight is 520 g/mol. The molecule has 0 saturated heterocycles. The third-order valence-electron chi connectivity index (χ3n) is 5.93. The summed E-state index contributed by atoms with van der Waals surface area (Å²) in [5.41, 5.74) is 2.06. The molecule has 0 atom stereocenters. The number of halogens is 3. The van der Waals surface area contributed by atoms with E-state index >= 15 is 0 Å². The molecule has 0 spiro atoms. The smallest absolute Gasteiger partial charge is 0.345 e. The van der Waals surface area contributed by atoms with Gasteiger partial charge in [0.1, 0.15) is 0 Å². The van der Waals surface area contributed by atoms with Crippen LogP contribution in [0.1, 0.15) is 27.9 Å². The number of nitro benzene ring substituents is 1. The van der Waals surface area contributed by atoms with Gasteiger partial charge in [0.15, 0.2) is 0 Å². The molecular formula is C29H24F3N3O3. The fourth-order valence-corrected chi connectivity index (χ4v) is 3.98. The second kappa shape index (κ2) is 11.6. The lowest BCUT2D eigenvalue weighted by Crippen LogP contribution is -2.29. The molecule has 1 amide bonds. The molecule has 0 radical (unpaired) electrons. The van der Waals surface area contributed by atoms with Gasteiger partial charge in [0, 0.05) is 43.2 Å². The molecule has 38 heavy (non-hydrogen) atoms. The van der Waals surface area contributed by atoms with Crippen molar-refractivity contribution >= 4 is 17.7 Å². The van der Waals surface area contributed by atoms with Gasteiger partial charge in [-0.3, -0.25) is 14.9 Å². The Bertz CT molecular complexity index is 1430. The van der Waals surface area contributed by atoms with Crippen LogP contribution >= 0.6 is 0 Å². The second-order valence-corrected chi connectivity index (χ2v) is 8.69. The van der Waals surface area contributed by atoms with Crippen LogP contribution in [0.3, 0.4) is 0 Å². The van der Waals surface area contributed by atoms with Gasteiger partial charge in [-0.15, -0.1) is 0 Å². The van der Waals surface area contributed by atoms with Crippen LogP contribution in [0.4, 0.5) is 18.9 Å². The lowest BCUT2D eigenvalue weighted by atomic mass is 10.1. The van der Waals surface area contributed by atoms with Gasteiger partial charge in [0.25, 0.3) is 5.69 Å². The van der Waals surface area contributed by atoms with Crippen LogP contribution in [0.5, 0.6) is 0 Å². The number of alkyl halides is 3. The van der Waals surface area contributed by atoms with Gasteiger partial charge in [-0.2, -0.15) is 13.2 Å². The predicted octanol–water partition coefficient (Wildman–Crippen LogP) is 6.71. The van der Waals surface area contributed by atoms with E-state index in [9.17, 15) is 28.1 Å². The fourth-order valence-electron chi connectivity index (χ4n) is 3.98. The number of hydrogen-bond donors (Lipinski definition) is 0. The van der Waals surface area contributed by atoms with Gasteiger partial charge < -0.3 is 9.47 Å². The molecule has 0 fully saturated rings. The average Bonchev–Trinajstić information content (AvgIpc) is 3.33. The zero-order valence-electron chi connectivity index (χ0n) is 20.2. The van der Waals surface area contributed by atoms with Gasteiger partial charge in [0.05, 0.1) is 17.0 Å². The van der Waals surface area contributed by atoms with Crippen molar-refractivity contribution in [3.05, 3.63) is 141 Å². The van der Waals surface area contributed by atoms with E-state index in [1.807, 2.05) is 41.0 Å². The third-order valence-corrected chi connectivity index (χ3v) is 5.93. The Morgan fingerprint density at radius 2 is 1.61 bits per heavy atom. The van der Waals surface area contributed by atoms with Crippen LogP contribution in [-0.2, 0) is 30.6 Å². The molecule has 3 aromatic carbocycles. The number of non-ortho nitro benzene ring substituents is 1. The van der Waals surface area contributed by atoms with Gasteiger partial charge in [-0.05, 0) is 59.2 Å². The zero-order chi connectivity index (χ0) is 27.1. The number of rotatable bonds is 9. The summed E-state index contributed by atoms with van der Waals surface area (Å²) in [5, 5.41) is 10.9. The molecule has 0 saturated carbocycles. The molecule has 4 rings (SSSR count). The minimum absolute atomic E-state index is 0.0410. The Morgan fingerprint density at radius 3 is 2.29 bits per heavy atom. The highest BCUT2D eigenvalue weighted by molar-refractivity contribution is 5.91. The van der Waals surface area contributed by atoms with Crippen molar-refractivity contribution in [3.8, 4) is 0 Å². The maximum absolute atomic E-state index is 13.2. The number of carbonyl (C=O) groups excluding carboxylic acids is 1. The van der Waals surface area contributed by atoms with E-state index in [2.05, 4.69) is 0 Å². The van der Waals surface area contributed by atoms with Crippen LogP contribution in [0, 0.1) is 10.1 Å². The maximum atomic E-state index is 13.2. The number of carbonyl (C=O) groups is 1. The summed E-state index contributed by atoms with van der Waals surface area (Å²) in [6.07, 6.45) is 0.341. The highest BCUT2D eigenvalue weighted by Crippen LogP contribution is 2.30. The lowest BCUT2D eigenvalue weighted by molar-refractivity contribution is -0.384. The Hall–Kier alpha value is -4.66. The second-order valence-electron chi connectivity index (χ2n) is 8.69. The minimum Gasteiger partial charge on any atom is -0.345 e. The molecule has 0 aliphatic heterocycles. The van der Waals surface area contributed by atoms with Crippen molar-refractivity contribution in [2.45, 2.75) is 25.8 Å². The molecular weight excluding hydrogens is 495 g/mol. The molecule has 0 bridgehead atoms. The normalized spacial score (nSPS) is 11.6. The number of nitrogens with zero attached hydrogens (tertiary/aromatic N) is 3. The molecule has 0 unspecified atom stereocenters. The first kappa shape index (κ1) is 26.4. The van der Waals surface area contributed by atoms with Crippen LogP contribution in [0.2, 0.25) is 0 Å². The standard InChI is InChI=1S/C29H24F3N3O3/c30-29(31,32)25-9-4-8-24(18-25)20-33-17-5-10-27(33)21-34(19-23-6-2-1-3-7-23)28(36)16-13-22-11-14-26(15-12-22)35(37)38/h1-18H,19-21H2/b16-13+. The van der Waals surface area contributed by atoms with Crippen molar-refractivity contribution < 1.29 is 22.9 Å². The monoisotopic (exact) mass is 519 g/mol. The summed E-state index contributed by atoms with van der Waals surface area (Å²) in [4.78, 5) is 25.3. The van der Waals surface area contributed by atoms with Crippen molar-refractivity contribution in [2.75, 3.05) is 0 Å². The Morgan fingerprint density at radius 1 is 0.895 bits per heavy atom. The van der Waals surface area contributed by atoms with Crippen LogP contribution in [0.25, 0.3) is 6.08 Å². The first-order valence-corrected chi connectivity index (χ1v) is 11.7. The summed E-state index contributed by atoms with van der Waals surface area (Å²) in [6.45, 7) is 0.765. The van der Waals surface area contributed by atoms with Crippen LogP contribution in [-0.4, -0.2) is 20.3 Å². The van der Waals surface area contributed by atoms with E-state index < -0.39 is 16.7 Å². The van der Waals surface area contributed by atoms with Crippen molar-refractivity contribution in [2.24, 2.45) is 0 Å². The van der Waals surface area contributed by atoms with Gasteiger partial charge >= 0.3 is 6.18 Å². The number of nitro groups is 1. The number of amides is 1. The number of hydrogen-bond acceptors (Lipinski definition) is 3. The van der Waals surface area contributed by atoms with Crippen molar-refractivity contribution in [3.63, 3.8) is 0 Å². The van der Waals surface area contributed by atoms with Crippen LogP contribution in [0.15, 0.2) is 103 Å². The SMILES string of the molecule is O=C(/C=C/c1ccc([N+](=O)[O-])cc1)N(Cc1ccccc1)Cc1cccn1Cc1cccc(C(F)(F)F)c1. The lowest BCUT2D eigenvalue weighted by Gasteiger charge is -2.23. The Balaban J connectivity index is 1.54. The largest absolute Gasteiger partial charge is 0.416 e. The highest BCUT2D eigenvalue weighted by Gasteiger charge is 2.30. The van der Waals surface area contributed by atoms with E-state index in [1.54, 1.807) is 41.4 Å². The third kappa shape index (κ3) is 6.97. The summed E-state index contributed by atoms with van der Waals surface area (Å²) in [5.74, 6) is -0.279. The first-order chi connectivity index (χ1) is 18.2. The number of aromatic nitrogens is 1. The number of benzene rings is 3. The van der Waals surface area contributed by atoms with Gasteiger partial charge in [-0.1, -0.05) is 42.5 Å². The molecule has 4 aromatic rings. The van der Waals surface area contributed by atoms with Gasteiger partial charge in [-0.25, -0.2) is 0 Å². The molecule has 0 aliphatic carbocycles. The molecule has 194 valence electrons. The maximum Gasteiger partial charge on any atom is 0.416 e. The first-order valence-electron chi connectivity index (χ1n) is 11.7.